The summed E-state index contributed by atoms with van der Waals surface area (Å²) in [4.78, 5) is 16.1. The molecule has 0 aliphatic heterocycles. The summed E-state index contributed by atoms with van der Waals surface area (Å²) in [7, 11) is 1.65. The van der Waals surface area contributed by atoms with Crippen LogP contribution < -0.4 is 5.43 Å². The van der Waals surface area contributed by atoms with Crippen LogP contribution in [-0.2, 0) is 12.7 Å². The number of aromatic nitrogens is 1. The fourth-order valence-electron chi connectivity index (χ4n) is 2.98. The molecule has 0 radical (unpaired) electrons. The molecule has 0 saturated heterocycles. The van der Waals surface area contributed by atoms with Crippen molar-refractivity contribution in [1.29, 1.82) is 0 Å². The van der Waals surface area contributed by atoms with Gasteiger partial charge in [0.2, 0.25) is 5.43 Å². The van der Waals surface area contributed by atoms with Gasteiger partial charge in [0.15, 0.2) is 0 Å². The number of rotatable bonds is 4. The Hall–Kier alpha value is -2.57. The number of benzene rings is 2. The highest BCUT2D eigenvalue weighted by Crippen LogP contribution is 2.39. The first-order valence-electron chi connectivity index (χ1n) is 8.48. The van der Waals surface area contributed by atoms with E-state index in [1.807, 2.05) is 24.3 Å². The molecule has 0 N–H and O–H groups in total. The van der Waals surface area contributed by atoms with E-state index < -0.39 is 22.2 Å². The number of halogens is 5. The van der Waals surface area contributed by atoms with Crippen LogP contribution in [0.2, 0.25) is 10.0 Å². The lowest BCUT2D eigenvalue weighted by atomic mass is 10.1. The molecule has 3 rings (SSSR count). The Morgan fingerprint density at radius 2 is 1.83 bits per heavy atom. The maximum absolute atomic E-state index is 13.3. The molecule has 0 aliphatic rings. The molecule has 0 unspecified atom stereocenters. The van der Waals surface area contributed by atoms with Crippen LogP contribution in [0, 0.1) is 0 Å². The molecular weight excluding hydrogens is 424 g/mol. The lowest BCUT2D eigenvalue weighted by Gasteiger charge is -2.18. The zero-order valence-corrected chi connectivity index (χ0v) is 16.7. The Labute approximate surface area is 175 Å². The Bertz CT molecular complexity index is 1140. The highest BCUT2D eigenvalue weighted by Gasteiger charge is 2.34. The lowest BCUT2D eigenvalue weighted by Crippen LogP contribution is -2.13. The van der Waals surface area contributed by atoms with E-state index in [2.05, 4.69) is 4.99 Å². The van der Waals surface area contributed by atoms with Crippen molar-refractivity contribution in [3.05, 3.63) is 91.7 Å². The number of pyridine rings is 1. The summed E-state index contributed by atoms with van der Waals surface area (Å²) in [6.45, 7) is 0.271. The maximum Gasteiger partial charge on any atom is 0.417 e. The van der Waals surface area contributed by atoms with E-state index >= 15 is 0 Å². The molecule has 150 valence electrons. The summed E-state index contributed by atoms with van der Waals surface area (Å²) in [5.41, 5.74) is 0.596. The van der Waals surface area contributed by atoms with Crippen molar-refractivity contribution in [1.82, 2.24) is 4.57 Å². The summed E-state index contributed by atoms with van der Waals surface area (Å²) >= 11 is 12.1. The summed E-state index contributed by atoms with van der Waals surface area (Å²) in [5.74, 6) is 0. The molecule has 2 aromatic carbocycles. The van der Waals surface area contributed by atoms with Crippen LogP contribution in [0.4, 0.5) is 13.2 Å². The van der Waals surface area contributed by atoms with Crippen LogP contribution in [0.15, 0.2) is 64.5 Å². The Morgan fingerprint density at radius 1 is 1.10 bits per heavy atom. The normalized spacial score (nSPS) is 11.9. The van der Waals surface area contributed by atoms with Crippen molar-refractivity contribution in [2.75, 3.05) is 7.05 Å². The summed E-state index contributed by atoms with van der Waals surface area (Å²) in [5, 5.41) is -0.509. The third kappa shape index (κ3) is 4.71. The number of alkyl halides is 3. The second-order valence-corrected chi connectivity index (χ2v) is 7.08. The molecule has 0 bridgehead atoms. The van der Waals surface area contributed by atoms with Crippen LogP contribution in [0.1, 0.15) is 16.7 Å². The fourth-order valence-corrected chi connectivity index (χ4v) is 3.48. The molecule has 0 amide bonds. The summed E-state index contributed by atoms with van der Waals surface area (Å²) in [6, 6.07) is 12.3. The molecule has 1 aromatic heterocycles. The molecule has 29 heavy (non-hydrogen) atoms. The molecule has 3 nitrogen and oxygen atoms in total. The average molecular weight is 439 g/mol. The number of nitrogens with zero attached hydrogens (tertiary/aromatic N) is 2. The molecular formula is C21H15Cl2F3N2O. The molecule has 0 fully saturated rings. The van der Waals surface area contributed by atoms with E-state index in [4.69, 9.17) is 23.2 Å². The van der Waals surface area contributed by atoms with Gasteiger partial charge in [-0.15, -0.1) is 0 Å². The maximum atomic E-state index is 13.3. The fraction of sp³-hybridized carbons (Fsp3) is 0.143. The number of aliphatic imine (C=N–C) groups is 1. The Morgan fingerprint density at radius 3 is 2.52 bits per heavy atom. The SMILES string of the molecule is C/N=C\c1cccc(Cn2cc(Cl)c(=O)cc2-c2cccc(C(F)(F)F)c2Cl)c1. The Kier molecular flexibility index (Phi) is 6.15. The van der Waals surface area contributed by atoms with Gasteiger partial charge in [-0.1, -0.05) is 53.5 Å². The van der Waals surface area contributed by atoms with Crippen molar-refractivity contribution in [3.8, 4) is 11.3 Å². The van der Waals surface area contributed by atoms with Gasteiger partial charge in [0.05, 0.1) is 16.3 Å². The van der Waals surface area contributed by atoms with Crippen molar-refractivity contribution >= 4 is 29.4 Å². The first-order valence-corrected chi connectivity index (χ1v) is 9.23. The monoisotopic (exact) mass is 438 g/mol. The summed E-state index contributed by atoms with van der Waals surface area (Å²) in [6.07, 6.45) is -1.53. The van der Waals surface area contributed by atoms with Crippen LogP contribution in [0.3, 0.4) is 0 Å². The molecule has 1 heterocycles. The lowest BCUT2D eigenvalue weighted by molar-refractivity contribution is -0.137. The van der Waals surface area contributed by atoms with Crippen molar-refractivity contribution in [2.45, 2.75) is 12.7 Å². The van der Waals surface area contributed by atoms with Crippen LogP contribution >= 0.6 is 23.2 Å². The van der Waals surface area contributed by atoms with Crippen LogP contribution in [-0.4, -0.2) is 17.8 Å². The molecule has 8 heteroatoms. The van der Waals surface area contributed by atoms with Gasteiger partial charge < -0.3 is 4.57 Å². The van der Waals surface area contributed by atoms with E-state index in [9.17, 15) is 18.0 Å². The molecule has 0 spiro atoms. The van der Waals surface area contributed by atoms with Crippen molar-refractivity contribution in [3.63, 3.8) is 0 Å². The highest BCUT2D eigenvalue weighted by atomic mass is 35.5. The zero-order valence-electron chi connectivity index (χ0n) is 15.2. The quantitative estimate of drug-likeness (QED) is 0.464. The predicted molar refractivity (Wildman–Crippen MR) is 110 cm³/mol. The van der Waals surface area contributed by atoms with E-state index in [1.54, 1.807) is 17.8 Å². The third-order valence-electron chi connectivity index (χ3n) is 4.24. The first-order chi connectivity index (χ1) is 13.7. The topological polar surface area (TPSA) is 34.4 Å². The minimum absolute atomic E-state index is 0.0388. The second kappa shape index (κ2) is 8.43. The van der Waals surface area contributed by atoms with E-state index in [0.717, 1.165) is 17.2 Å². The van der Waals surface area contributed by atoms with Crippen LogP contribution in [0.5, 0.6) is 0 Å². The van der Waals surface area contributed by atoms with E-state index in [1.165, 1.54) is 24.4 Å². The number of hydrogen-bond donors (Lipinski definition) is 0. The molecule has 0 aliphatic carbocycles. The molecule has 0 saturated carbocycles. The summed E-state index contributed by atoms with van der Waals surface area (Å²) < 4.78 is 41.4. The van der Waals surface area contributed by atoms with Gasteiger partial charge in [-0.05, 0) is 23.3 Å². The minimum atomic E-state index is -4.61. The van der Waals surface area contributed by atoms with Gasteiger partial charge >= 0.3 is 6.18 Å². The second-order valence-electron chi connectivity index (χ2n) is 6.30. The zero-order chi connectivity index (χ0) is 21.2. The van der Waals surface area contributed by atoms with E-state index in [0.29, 0.717) is 0 Å². The van der Waals surface area contributed by atoms with Gasteiger partial charge in [-0.3, -0.25) is 9.79 Å². The Balaban J connectivity index is 2.16. The van der Waals surface area contributed by atoms with Gasteiger partial charge in [0.25, 0.3) is 0 Å². The average Bonchev–Trinajstić information content (AvgIpc) is 2.65. The third-order valence-corrected chi connectivity index (χ3v) is 4.94. The smallest absolute Gasteiger partial charge is 0.341 e. The highest BCUT2D eigenvalue weighted by molar-refractivity contribution is 6.34. The van der Waals surface area contributed by atoms with Gasteiger partial charge in [-0.2, -0.15) is 13.2 Å². The van der Waals surface area contributed by atoms with Gasteiger partial charge in [-0.25, -0.2) is 0 Å². The predicted octanol–water partition coefficient (Wildman–Crippen LogP) is 5.94. The molecule has 0 atom stereocenters. The largest absolute Gasteiger partial charge is 0.417 e. The first kappa shape index (κ1) is 21.1. The van der Waals surface area contributed by atoms with Crippen LogP contribution in [0.25, 0.3) is 11.3 Å². The van der Waals surface area contributed by atoms with Gasteiger partial charge in [0, 0.05) is 37.6 Å². The van der Waals surface area contributed by atoms with E-state index in [-0.39, 0.29) is 22.8 Å². The minimum Gasteiger partial charge on any atom is -0.341 e. The van der Waals surface area contributed by atoms with Crippen molar-refractivity contribution < 1.29 is 13.2 Å². The number of hydrogen-bond acceptors (Lipinski definition) is 2. The molecule has 3 aromatic rings. The van der Waals surface area contributed by atoms with Gasteiger partial charge in [0.1, 0.15) is 5.02 Å². The standard InChI is InChI=1S/C21H15Cl2F3N2O/c1-27-10-13-4-2-5-14(8-13)11-28-12-17(22)19(29)9-18(28)15-6-3-7-16(20(15)23)21(24,25)26/h2-10,12H,11H2,1H3/b27-10-. The van der Waals surface area contributed by atoms with Crippen molar-refractivity contribution in [2.24, 2.45) is 4.99 Å².